The Hall–Kier alpha value is -2.80. The predicted octanol–water partition coefficient (Wildman–Crippen LogP) is 4.16. The average molecular weight is 454 g/mol. The third kappa shape index (κ3) is 5.91. The van der Waals surface area contributed by atoms with E-state index in [4.69, 9.17) is 9.73 Å². The maximum Gasteiger partial charge on any atom is 0.255 e. The zero-order valence-electron chi connectivity index (χ0n) is 18.9. The van der Waals surface area contributed by atoms with Gasteiger partial charge in [-0.05, 0) is 49.6 Å². The number of ether oxygens (including phenoxy) is 1. The molecule has 0 radical (unpaired) electrons. The lowest BCUT2D eigenvalue weighted by Crippen LogP contribution is -2.44. The van der Waals surface area contributed by atoms with Gasteiger partial charge >= 0.3 is 0 Å². The quantitative estimate of drug-likeness (QED) is 0.508. The summed E-state index contributed by atoms with van der Waals surface area (Å²) in [7, 11) is 1.57. The Morgan fingerprint density at radius 2 is 1.75 bits per heavy atom. The molecule has 1 fully saturated rings. The second-order valence-corrected chi connectivity index (χ2v) is 8.87. The summed E-state index contributed by atoms with van der Waals surface area (Å²) in [6.07, 6.45) is 5.50. The highest BCUT2D eigenvalue weighted by atomic mass is 32.2. The van der Waals surface area contributed by atoms with Crippen LogP contribution in [0.1, 0.15) is 48.5 Å². The molecule has 0 atom stereocenters. The van der Waals surface area contributed by atoms with Crippen molar-refractivity contribution in [1.29, 1.82) is 0 Å². The fraction of sp³-hybridized carbons (Fsp3) is 0.400. The summed E-state index contributed by atoms with van der Waals surface area (Å²) in [5.74, 6) is 0.333. The Bertz CT molecular complexity index is 954. The van der Waals surface area contributed by atoms with Crippen LogP contribution in [0.4, 0.5) is 0 Å². The van der Waals surface area contributed by atoms with E-state index in [2.05, 4.69) is 22.8 Å². The largest absolute Gasteiger partial charge is 0.496 e. The van der Waals surface area contributed by atoms with Gasteiger partial charge < -0.3 is 15.4 Å². The van der Waals surface area contributed by atoms with E-state index in [1.807, 2.05) is 36.6 Å². The maximum atomic E-state index is 12.9. The molecule has 2 amide bonds. The number of rotatable bonds is 6. The number of nitrogens with one attached hydrogen (secondary N) is 2. The number of para-hydroxylation sites is 1. The second kappa shape index (κ2) is 11.2. The molecule has 3 rings (SSSR count). The van der Waals surface area contributed by atoms with Gasteiger partial charge in [0.2, 0.25) is 5.91 Å². The number of thioether (sulfide) groups is 1. The van der Waals surface area contributed by atoms with Gasteiger partial charge in [0.25, 0.3) is 5.91 Å². The van der Waals surface area contributed by atoms with Crippen LogP contribution in [-0.4, -0.2) is 42.9 Å². The van der Waals surface area contributed by atoms with Gasteiger partial charge in [-0.15, -0.1) is 0 Å². The number of hydrogen-bond acceptors (Lipinski definition) is 5. The van der Waals surface area contributed by atoms with Crippen LogP contribution in [0.3, 0.4) is 0 Å². The number of amides is 2. The Labute approximate surface area is 194 Å². The number of benzene rings is 2. The SMILES string of the molecule is COc1ccccc1C(=O)NCC1(c2ccccc2)CCC(N=C(NC(C)=O)SC)CC1. The first kappa shape index (κ1) is 23.9. The highest BCUT2D eigenvalue weighted by molar-refractivity contribution is 8.13. The summed E-state index contributed by atoms with van der Waals surface area (Å²) in [5.41, 5.74) is 1.62. The summed E-state index contributed by atoms with van der Waals surface area (Å²) in [5, 5.41) is 6.63. The molecule has 1 saturated carbocycles. The Kier molecular flexibility index (Phi) is 8.33. The predicted molar refractivity (Wildman–Crippen MR) is 130 cm³/mol. The van der Waals surface area contributed by atoms with E-state index in [1.165, 1.54) is 24.2 Å². The molecule has 0 aromatic heterocycles. The summed E-state index contributed by atoms with van der Waals surface area (Å²) in [6.45, 7) is 2.04. The number of hydrogen-bond donors (Lipinski definition) is 2. The molecule has 2 aromatic rings. The number of methoxy groups -OCH3 is 1. The Morgan fingerprint density at radius 3 is 2.38 bits per heavy atom. The van der Waals surface area contributed by atoms with Gasteiger partial charge in [-0.25, -0.2) is 0 Å². The molecule has 0 unspecified atom stereocenters. The van der Waals surface area contributed by atoms with Crippen LogP contribution in [0.5, 0.6) is 5.75 Å². The summed E-state index contributed by atoms with van der Waals surface area (Å²) < 4.78 is 5.35. The van der Waals surface area contributed by atoms with Crippen LogP contribution < -0.4 is 15.4 Å². The first-order valence-electron chi connectivity index (χ1n) is 10.8. The van der Waals surface area contributed by atoms with Crippen molar-refractivity contribution in [3.8, 4) is 5.75 Å². The van der Waals surface area contributed by atoms with E-state index in [-0.39, 0.29) is 23.3 Å². The zero-order valence-corrected chi connectivity index (χ0v) is 19.7. The second-order valence-electron chi connectivity index (χ2n) is 8.08. The normalized spacial score (nSPS) is 21.0. The van der Waals surface area contributed by atoms with Crippen molar-refractivity contribution in [2.75, 3.05) is 19.9 Å². The third-order valence-electron chi connectivity index (χ3n) is 6.01. The van der Waals surface area contributed by atoms with Gasteiger partial charge in [-0.1, -0.05) is 54.2 Å². The lowest BCUT2D eigenvalue weighted by atomic mass is 9.68. The zero-order chi connectivity index (χ0) is 23.0. The molecule has 2 aromatic carbocycles. The molecule has 32 heavy (non-hydrogen) atoms. The topological polar surface area (TPSA) is 79.8 Å². The highest BCUT2D eigenvalue weighted by Gasteiger charge is 2.37. The van der Waals surface area contributed by atoms with E-state index in [0.717, 1.165) is 25.7 Å². The van der Waals surface area contributed by atoms with E-state index >= 15 is 0 Å². The van der Waals surface area contributed by atoms with Crippen molar-refractivity contribution in [2.24, 2.45) is 4.99 Å². The lowest BCUT2D eigenvalue weighted by Gasteiger charge is -2.40. The van der Waals surface area contributed by atoms with Crippen LogP contribution in [0, 0.1) is 0 Å². The summed E-state index contributed by atoms with van der Waals surface area (Å²) in [6, 6.07) is 17.8. The maximum absolute atomic E-state index is 12.9. The molecule has 170 valence electrons. The fourth-order valence-corrected chi connectivity index (χ4v) is 4.77. The van der Waals surface area contributed by atoms with Crippen LogP contribution in [0.2, 0.25) is 0 Å². The standard InChI is InChI=1S/C25H31N3O3S/c1-18(29)27-24(32-3)28-20-13-15-25(16-14-20,19-9-5-4-6-10-19)17-26-23(30)21-11-7-8-12-22(21)31-2/h4-12,20H,13-17H2,1-3H3,(H,26,30)(H,27,28,29). The minimum absolute atomic E-state index is 0.105. The summed E-state index contributed by atoms with van der Waals surface area (Å²) >= 11 is 1.45. The van der Waals surface area contributed by atoms with E-state index in [1.54, 1.807) is 19.2 Å². The molecule has 7 heteroatoms. The van der Waals surface area contributed by atoms with Crippen LogP contribution in [0.15, 0.2) is 59.6 Å². The molecule has 0 saturated heterocycles. The molecule has 1 aliphatic carbocycles. The van der Waals surface area contributed by atoms with Gasteiger partial charge in [0.15, 0.2) is 5.17 Å². The van der Waals surface area contributed by atoms with Crippen molar-refractivity contribution in [1.82, 2.24) is 10.6 Å². The van der Waals surface area contributed by atoms with E-state index in [9.17, 15) is 9.59 Å². The molecular weight excluding hydrogens is 422 g/mol. The molecule has 0 spiro atoms. The van der Waals surface area contributed by atoms with Crippen LogP contribution in [0.25, 0.3) is 0 Å². The molecule has 6 nitrogen and oxygen atoms in total. The molecule has 0 bridgehead atoms. The van der Waals surface area contributed by atoms with Crippen molar-refractivity contribution in [2.45, 2.75) is 44.1 Å². The molecule has 2 N–H and O–H groups in total. The van der Waals surface area contributed by atoms with Crippen molar-refractivity contribution in [3.05, 3.63) is 65.7 Å². The van der Waals surface area contributed by atoms with Crippen LogP contribution >= 0.6 is 11.8 Å². The van der Waals surface area contributed by atoms with Crippen molar-refractivity contribution in [3.63, 3.8) is 0 Å². The monoisotopic (exact) mass is 453 g/mol. The number of aliphatic imine (C=N–C) groups is 1. The Morgan fingerprint density at radius 1 is 1.09 bits per heavy atom. The van der Waals surface area contributed by atoms with Crippen molar-refractivity contribution < 1.29 is 14.3 Å². The van der Waals surface area contributed by atoms with E-state index in [0.29, 0.717) is 23.0 Å². The Balaban J connectivity index is 1.75. The van der Waals surface area contributed by atoms with Crippen molar-refractivity contribution >= 4 is 28.7 Å². The summed E-state index contributed by atoms with van der Waals surface area (Å²) in [4.78, 5) is 29.1. The molecule has 0 heterocycles. The smallest absolute Gasteiger partial charge is 0.255 e. The van der Waals surface area contributed by atoms with Crippen LogP contribution in [-0.2, 0) is 10.2 Å². The first-order valence-corrected chi connectivity index (χ1v) is 12.1. The lowest BCUT2D eigenvalue weighted by molar-refractivity contribution is -0.117. The molecule has 0 aliphatic heterocycles. The minimum atomic E-state index is -0.154. The highest BCUT2D eigenvalue weighted by Crippen LogP contribution is 2.40. The first-order chi connectivity index (χ1) is 15.5. The van der Waals surface area contributed by atoms with Gasteiger partial charge in [0, 0.05) is 18.9 Å². The molecular formula is C25H31N3O3S. The van der Waals surface area contributed by atoms with E-state index < -0.39 is 0 Å². The fourth-order valence-electron chi connectivity index (χ4n) is 4.27. The minimum Gasteiger partial charge on any atom is -0.496 e. The molecule has 1 aliphatic rings. The van der Waals surface area contributed by atoms with Gasteiger partial charge in [0.05, 0.1) is 18.7 Å². The third-order valence-corrected chi connectivity index (χ3v) is 6.61. The number of nitrogens with zero attached hydrogens (tertiary/aromatic N) is 1. The number of carbonyl (C=O) groups is 2. The van der Waals surface area contributed by atoms with Gasteiger partial charge in [-0.3, -0.25) is 14.6 Å². The van der Waals surface area contributed by atoms with Gasteiger partial charge in [0.1, 0.15) is 5.75 Å². The number of amidine groups is 1. The average Bonchev–Trinajstić information content (AvgIpc) is 2.83. The number of carbonyl (C=O) groups excluding carboxylic acids is 2. The van der Waals surface area contributed by atoms with Gasteiger partial charge in [-0.2, -0.15) is 0 Å².